The largest absolute Gasteiger partial charge is 0.497 e. The molecule has 1 amide bonds. The van der Waals surface area contributed by atoms with E-state index in [4.69, 9.17) is 4.74 Å². The zero-order valence-electron chi connectivity index (χ0n) is 13.6. The standard InChI is InChI=1S/C16H19N3O4S/c1-16(2,15(21)22)19-9-11(8-17-19)18-14(20)10-24-13-6-4-5-12(7-13)23-3/h4-9H,10H2,1-3H3,(H,18,20)(H,21,22). The predicted molar refractivity (Wildman–Crippen MR) is 91.5 cm³/mol. The molecule has 128 valence electrons. The first kappa shape index (κ1) is 17.9. The van der Waals surface area contributed by atoms with Crippen LogP contribution in [0.15, 0.2) is 41.6 Å². The van der Waals surface area contributed by atoms with Gasteiger partial charge in [-0.3, -0.25) is 9.48 Å². The van der Waals surface area contributed by atoms with Crippen LogP contribution in [0, 0.1) is 0 Å². The molecule has 2 rings (SSSR count). The van der Waals surface area contributed by atoms with Crippen molar-refractivity contribution in [3.8, 4) is 5.75 Å². The number of benzene rings is 1. The summed E-state index contributed by atoms with van der Waals surface area (Å²) in [5, 5.41) is 15.9. The van der Waals surface area contributed by atoms with Crippen LogP contribution in [0.1, 0.15) is 13.8 Å². The van der Waals surface area contributed by atoms with Gasteiger partial charge in [0.2, 0.25) is 5.91 Å². The van der Waals surface area contributed by atoms with Gasteiger partial charge in [0.05, 0.1) is 24.7 Å². The van der Waals surface area contributed by atoms with Crippen molar-refractivity contribution in [2.45, 2.75) is 24.3 Å². The molecule has 0 atom stereocenters. The monoisotopic (exact) mass is 349 g/mol. The second-order valence-electron chi connectivity index (χ2n) is 5.55. The number of amides is 1. The Morgan fingerprint density at radius 2 is 2.17 bits per heavy atom. The first-order chi connectivity index (χ1) is 11.3. The Bertz CT molecular complexity index is 742. The van der Waals surface area contributed by atoms with Crippen molar-refractivity contribution in [3.05, 3.63) is 36.7 Å². The van der Waals surface area contributed by atoms with Gasteiger partial charge in [-0.15, -0.1) is 11.8 Å². The Balaban J connectivity index is 1.93. The van der Waals surface area contributed by atoms with Gasteiger partial charge in [0.15, 0.2) is 5.54 Å². The zero-order valence-corrected chi connectivity index (χ0v) is 14.5. The molecule has 0 saturated heterocycles. The third kappa shape index (κ3) is 4.29. The van der Waals surface area contributed by atoms with Gasteiger partial charge in [0.1, 0.15) is 5.75 Å². The number of nitrogens with one attached hydrogen (secondary N) is 1. The van der Waals surface area contributed by atoms with Crippen LogP contribution < -0.4 is 10.1 Å². The molecule has 1 heterocycles. The molecule has 0 unspecified atom stereocenters. The Kier molecular flexibility index (Phi) is 5.50. The van der Waals surface area contributed by atoms with Gasteiger partial charge in [-0.25, -0.2) is 4.79 Å². The van der Waals surface area contributed by atoms with Gasteiger partial charge < -0.3 is 15.2 Å². The minimum atomic E-state index is -1.18. The minimum Gasteiger partial charge on any atom is -0.497 e. The van der Waals surface area contributed by atoms with Gasteiger partial charge in [0, 0.05) is 11.1 Å². The number of aromatic nitrogens is 2. The number of anilines is 1. The topological polar surface area (TPSA) is 93.5 Å². The summed E-state index contributed by atoms with van der Waals surface area (Å²) in [4.78, 5) is 24.1. The second-order valence-corrected chi connectivity index (χ2v) is 6.60. The van der Waals surface area contributed by atoms with Crippen molar-refractivity contribution in [2.24, 2.45) is 0 Å². The lowest BCUT2D eigenvalue weighted by atomic mass is 10.1. The molecular weight excluding hydrogens is 330 g/mol. The van der Waals surface area contributed by atoms with Gasteiger partial charge in [-0.05, 0) is 32.0 Å². The van der Waals surface area contributed by atoms with Crippen LogP contribution in [0.2, 0.25) is 0 Å². The van der Waals surface area contributed by atoms with Gasteiger partial charge in [-0.2, -0.15) is 5.10 Å². The summed E-state index contributed by atoms with van der Waals surface area (Å²) in [6.07, 6.45) is 2.93. The number of carbonyl (C=O) groups is 2. The lowest BCUT2D eigenvalue weighted by Crippen LogP contribution is -2.35. The van der Waals surface area contributed by atoms with Crippen molar-refractivity contribution in [3.63, 3.8) is 0 Å². The smallest absolute Gasteiger partial charge is 0.331 e. The number of carboxylic acid groups (broad SMARTS) is 1. The second kappa shape index (κ2) is 7.39. The van der Waals surface area contributed by atoms with E-state index in [-0.39, 0.29) is 11.7 Å². The highest BCUT2D eigenvalue weighted by Crippen LogP contribution is 2.23. The summed E-state index contributed by atoms with van der Waals surface area (Å²) in [6, 6.07) is 7.44. The number of thioether (sulfide) groups is 1. The van der Waals surface area contributed by atoms with Gasteiger partial charge >= 0.3 is 5.97 Å². The molecule has 1 aromatic heterocycles. The van der Waals surface area contributed by atoms with Crippen LogP contribution >= 0.6 is 11.8 Å². The number of aliphatic carboxylic acids is 1. The zero-order chi connectivity index (χ0) is 17.7. The highest BCUT2D eigenvalue weighted by atomic mass is 32.2. The summed E-state index contributed by atoms with van der Waals surface area (Å²) in [6.45, 7) is 3.07. The van der Waals surface area contributed by atoms with E-state index in [1.165, 1.54) is 42.7 Å². The molecule has 0 bridgehead atoms. The Hall–Kier alpha value is -2.48. The van der Waals surface area contributed by atoms with Crippen LogP contribution in [0.5, 0.6) is 5.75 Å². The van der Waals surface area contributed by atoms with E-state index < -0.39 is 11.5 Å². The number of carbonyl (C=O) groups excluding carboxylic acids is 1. The number of methoxy groups -OCH3 is 1. The predicted octanol–water partition coefficient (Wildman–Crippen LogP) is 2.44. The molecule has 0 aliphatic heterocycles. The Morgan fingerprint density at radius 1 is 1.42 bits per heavy atom. The van der Waals surface area contributed by atoms with Crippen molar-refractivity contribution in [2.75, 3.05) is 18.2 Å². The SMILES string of the molecule is COc1cccc(SCC(=O)Nc2cnn(C(C)(C)C(=O)O)c2)c1. The molecular formula is C16H19N3O4S. The first-order valence-electron chi connectivity index (χ1n) is 7.18. The molecule has 0 radical (unpaired) electrons. The third-order valence-corrected chi connectivity index (χ3v) is 4.37. The molecule has 0 spiro atoms. The number of hydrogen-bond acceptors (Lipinski definition) is 5. The molecule has 1 aromatic carbocycles. The van der Waals surface area contributed by atoms with Gasteiger partial charge in [-0.1, -0.05) is 6.07 Å². The van der Waals surface area contributed by atoms with E-state index in [0.717, 1.165) is 10.6 Å². The third-order valence-electron chi connectivity index (χ3n) is 3.37. The van der Waals surface area contributed by atoms with Gasteiger partial charge in [0.25, 0.3) is 0 Å². The molecule has 0 aliphatic carbocycles. The van der Waals surface area contributed by atoms with Crippen LogP contribution in [0.25, 0.3) is 0 Å². The number of rotatable bonds is 7. The number of hydrogen-bond donors (Lipinski definition) is 2. The molecule has 8 heteroatoms. The van der Waals surface area contributed by atoms with E-state index in [2.05, 4.69) is 10.4 Å². The fourth-order valence-electron chi connectivity index (χ4n) is 1.83. The summed E-state index contributed by atoms with van der Waals surface area (Å²) in [5.41, 5.74) is -0.723. The molecule has 7 nitrogen and oxygen atoms in total. The normalized spacial score (nSPS) is 11.1. The van der Waals surface area contributed by atoms with Crippen LogP contribution in [0.3, 0.4) is 0 Å². The van der Waals surface area contributed by atoms with Crippen LogP contribution in [0.4, 0.5) is 5.69 Å². The summed E-state index contributed by atoms with van der Waals surface area (Å²) in [7, 11) is 1.59. The highest BCUT2D eigenvalue weighted by molar-refractivity contribution is 8.00. The van der Waals surface area contributed by atoms with E-state index in [9.17, 15) is 14.7 Å². The van der Waals surface area contributed by atoms with Crippen molar-refractivity contribution in [1.29, 1.82) is 0 Å². The molecule has 24 heavy (non-hydrogen) atoms. The molecule has 0 saturated carbocycles. The average Bonchev–Trinajstić information content (AvgIpc) is 3.02. The van der Waals surface area contributed by atoms with Crippen molar-refractivity contribution >= 4 is 29.3 Å². The summed E-state index contributed by atoms with van der Waals surface area (Å²) in [5.74, 6) is -0.245. The van der Waals surface area contributed by atoms with E-state index in [1.54, 1.807) is 7.11 Å². The van der Waals surface area contributed by atoms with Crippen LogP contribution in [-0.4, -0.2) is 39.6 Å². The maximum absolute atomic E-state index is 12.0. The van der Waals surface area contributed by atoms with E-state index in [1.807, 2.05) is 24.3 Å². The lowest BCUT2D eigenvalue weighted by molar-refractivity contribution is -0.146. The quantitative estimate of drug-likeness (QED) is 0.746. The van der Waals surface area contributed by atoms with Crippen molar-refractivity contribution < 1.29 is 19.4 Å². The van der Waals surface area contributed by atoms with E-state index >= 15 is 0 Å². The van der Waals surface area contributed by atoms with E-state index in [0.29, 0.717) is 5.69 Å². The molecule has 2 N–H and O–H groups in total. The fraction of sp³-hybridized carbons (Fsp3) is 0.312. The average molecular weight is 349 g/mol. The van der Waals surface area contributed by atoms with Crippen molar-refractivity contribution in [1.82, 2.24) is 9.78 Å². The summed E-state index contributed by atoms with van der Waals surface area (Å²) < 4.78 is 6.44. The minimum absolute atomic E-state index is 0.199. The lowest BCUT2D eigenvalue weighted by Gasteiger charge is -2.19. The fourth-order valence-corrected chi connectivity index (χ4v) is 2.57. The number of carboxylic acids is 1. The Morgan fingerprint density at radius 3 is 2.83 bits per heavy atom. The maximum atomic E-state index is 12.0. The summed E-state index contributed by atoms with van der Waals surface area (Å²) >= 11 is 1.38. The van der Waals surface area contributed by atoms with Crippen LogP contribution in [-0.2, 0) is 15.1 Å². The number of ether oxygens (including phenoxy) is 1. The number of nitrogens with zero attached hydrogens (tertiary/aromatic N) is 2. The molecule has 0 aliphatic rings. The molecule has 2 aromatic rings. The highest BCUT2D eigenvalue weighted by Gasteiger charge is 2.30. The Labute approximate surface area is 144 Å². The first-order valence-corrected chi connectivity index (χ1v) is 8.16. The molecule has 0 fully saturated rings. The maximum Gasteiger partial charge on any atom is 0.331 e.